The zero-order valence-corrected chi connectivity index (χ0v) is 15.6. The third kappa shape index (κ3) is 3.15. The zero-order chi connectivity index (χ0) is 17.5. The Balaban J connectivity index is 2.17. The standard InChI is InChI=1S/C16H16BBrN2O3S/c1-24(22,23)14-9-12(18)8-11-4-7-20(16(21)15(11)14)13-2-5-17(10-19)6-3-13/h4,7-9,13H,2-3,5-6H2,1H3. The second-order valence-corrected chi connectivity index (χ2v) is 9.20. The highest BCUT2D eigenvalue weighted by atomic mass is 79.9. The molecule has 0 unspecified atom stereocenters. The zero-order valence-electron chi connectivity index (χ0n) is 13.2. The van der Waals surface area contributed by atoms with Gasteiger partial charge in [0.05, 0.1) is 10.3 Å². The molecular formula is C16H16BBrN2O3S. The van der Waals surface area contributed by atoms with Crippen molar-refractivity contribution in [1.82, 2.24) is 4.57 Å². The van der Waals surface area contributed by atoms with Crippen molar-refractivity contribution in [3.05, 3.63) is 39.2 Å². The molecule has 1 aromatic heterocycles. The molecule has 2 aromatic rings. The summed E-state index contributed by atoms with van der Waals surface area (Å²) in [6.07, 6.45) is 5.90. The van der Waals surface area contributed by atoms with Crippen LogP contribution in [0.3, 0.4) is 0 Å². The Morgan fingerprint density at radius 1 is 1.33 bits per heavy atom. The fourth-order valence-corrected chi connectivity index (χ4v) is 4.93. The number of nitrogens with zero attached hydrogens (tertiary/aromatic N) is 2. The van der Waals surface area contributed by atoms with Crippen LogP contribution in [0.25, 0.3) is 10.8 Å². The maximum absolute atomic E-state index is 13.0. The first-order valence-electron chi connectivity index (χ1n) is 7.75. The van der Waals surface area contributed by atoms with Gasteiger partial charge in [-0.25, -0.2) is 13.7 Å². The minimum Gasteiger partial charge on any atom is -0.312 e. The van der Waals surface area contributed by atoms with Crippen LogP contribution in [-0.2, 0) is 9.84 Å². The van der Waals surface area contributed by atoms with E-state index in [0.29, 0.717) is 9.86 Å². The minimum absolute atomic E-state index is 0.0163. The molecule has 1 fully saturated rings. The van der Waals surface area contributed by atoms with Crippen LogP contribution in [0.4, 0.5) is 0 Å². The number of aromatic nitrogens is 1. The van der Waals surface area contributed by atoms with Gasteiger partial charge in [-0.2, -0.15) is 0 Å². The van der Waals surface area contributed by atoms with Crippen molar-refractivity contribution >= 4 is 43.3 Å². The van der Waals surface area contributed by atoms with Crippen LogP contribution in [0.15, 0.2) is 38.6 Å². The van der Waals surface area contributed by atoms with Gasteiger partial charge in [0.1, 0.15) is 0 Å². The molecule has 0 radical (unpaired) electrons. The van der Waals surface area contributed by atoms with E-state index >= 15 is 0 Å². The van der Waals surface area contributed by atoms with Gasteiger partial charge in [0.2, 0.25) is 0 Å². The number of halogens is 1. The molecular weight excluding hydrogens is 391 g/mol. The topological polar surface area (TPSA) is 79.9 Å². The number of pyridine rings is 1. The molecule has 8 heteroatoms. The summed E-state index contributed by atoms with van der Waals surface area (Å²) in [4.78, 5) is 13.0. The van der Waals surface area contributed by atoms with E-state index in [-0.39, 0.29) is 28.6 Å². The summed E-state index contributed by atoms with van der Waals surface area (Å²) >= 11 is 3.31. The monoisotopic (exact) mass is 406 g/mol. The summed E-state index contributed by atoms with van der Waals surface area (Å²) in [5.74, 6) is 2.28. The van der Waals surface area contributed by atoms with E-state index in [2.05, 4.69) is 21.9 Å². The van der Waals surface area contributed by atoms with Crippen LogP contribution in [0.5, 0.6) is 0 Å². The molecule has 3 rings (SSSR count). The SMILES string of the molecule is CS(=O)(=O)c1cc(Br)cc2ccn(C3CCB(C#N)CC3)c(=O)c12. The van der Waals surface area contributed by atoms with Gasteiger partial charge in [-0.3, -0.25) is 4.79 Å². The Bertz CT molecular complexity index is 1000. The fourth-order valence-electron chi connectivity index (χ4n) is 3.38. The first-order valence-corrected chi connectivity index (χ1v) is 10.4. The van der Waals surface area contributed by atoms with Gasteiger partial charge in [-0.15, -0.1) is 0 Å². The number of fused-ring (bicyclic) bond motifs is 1. The van der Waals surface area contributed by atoms with Gasteiger partial charge in [-0.05, 0) is 36.4 Å². The third-order valence-corrected chi connectivity index (χ3v) is 6.21. The molecule has 1 aromatic carbocycles. The molecule has 2 heterocycles. The maximum Gasteiger partial charge on any atom is 0.268 e. The van der Waals surface area contributed by atoms with Gasteiger partial charge in [0.15, 0.2) is 9.84 Å². The van der Waals surface area contributed by atoms with E-state index < -0.39 is 9.84 Å². The Hall–Kier alpha value is -1.59. The van der Waals surface area contributed by atoms with Crippen molar-refractivity contribution < 1.29 is 8.42 Å². The number of hydrogen-bond acceptors (Lipinski definition) is 4. The van der Waals surface area contributed by atoms with Crippen LogP contribution in [0.1, 0.15) is 18.9 Å². The van der Waals surface area contributed by atoms with Crippen LogP contribution >= 0.6 is 15.9 Å². The largest absolute Gasteiger partial charge is 0.312 e. The molecule has 0 spiro atoms. The molecule has 0 N–H and O–H groups in total. The molecule has 0 aliphatic carbocycles. The van der Waals surface area contributed by atoms with Gasteiger partial charge in [0.25, 0.3) is 12.3 Å². The number of nitriles is 1. The highest BCUT2D eigenvalue weighted by Gasteiger charge is 2.26. The minimum atomic E-state index is -3.52. The maximum atomic E-state index is 13.0. The van der Waals surface area contributed by atoms with Crippen LogP contribution in [-0.4, -0.2) is 26.0 Å². The molecule has 5 nitrogen and oxygen atoms in total. The summed E-state index contributed by atoms with van der Waals surface area (Å²) in [6, 6.07) is 5.03. The first-order chi connectivity index (χ1) is 11.3. The van der Waals surface area contributed by atoms with E-state index in [1.807, 2.05) is 0 Å². The van der Waals surface area contributed by atoms with E-state index in [4.69, 9.17) is 5.26 Å². The molecule has 124 valence electrons. The molecule has 0 amide bonds. The summed E-state index contributed by atoms with van der Waals surface area (Å²) < 4.78 is 26.5. The number of sulfone groups is 1. The Kier molecular flexibility index (Phi) is 4.58. The summed E-state index contributed by atoms with van der Waals surface area (Å²) in [5, 5.41) is 9.86. The summed E-state index contributed by atoms with van der Waals surface area (Å²) in [5.41, 5.74) is -0.277. The molecule has 0 saturated carbocycles. The fraction of sp³-hybridized carbons (Fsp3) is 0.375. The quantitative estimate of drug-likeness (QED) is 0.717. The van der Waals surface area contributed by atoms with Crippen molar-refractivity contribution in [3.63, 3.8) is 0 Å². The highest BCUT2D eigenvalue weighted by Crippen LogP contribution is 2.30. The van der Waals surface area contributed by atoms with Gasteiger partial charge in [-0.1, -0.05) is 28.6 Å². The molecule has 0 atom stereocenters. The smallest absolute Gasteiger partial charge is 0.268 e. The predicted octanol–water partition coefficient (Wildman–Crippen LogP) is 3.06. The van der Waals surface area contributed by atoms with Crippen molar-refractivity contribution in [3.8, 4) is 5.97 Å². The Labute approximate surface area is 149 Å². The van der Waals surface area contributed by atoms with Gasteiger partial charge >= 0.3 is 0 Å². The van der Waals surface area contributed by atoms with Crippen molar-refractivity contribution in [2.45, 2.75) is 36.4 Å². The molecule has 1 saturated heterocycles. The van der Waals surface area contributed by atoms with Crippen molar-refractivity contribution in [2.75, 3.05) is 6.26 Å². The second-order valence-electron chi connectivity index (χ2n) is 6.30. The second kappa shape index (κ2) is 6.38. The third-order valence-electron chi connectivity index (χ3n) is 4.63. The number of hydrogen-bond donors (Lipinski definition) is 0. The predicted molar refractivity (Wildman–Crippen MR) is 98.3 cm³/mol. The summed E-state index contributed by atoms with van der Waals surface area (Å²) in [6.45, 7) is 0.0555. The number of rotatable bonds is 2. The van der Waals surface area contributed by atoms with Gasteiger partial charge < -0.3 is 4.57 Å². The average Bonchev–Trinajstić information content (AvgIpc) is 2.53. The van der Waals surface area contributed by atoms with Crippen LogP contribution in [0.2, 0.25) is 12.6 Å². The van der Waals surface area contributed by atoms with E-state index in [9.17, 15) is 13.2 Å². The Morgan fingerprint density at radius 3 is 2.58 bits per heavy atom. The molecule has 1 aliphatic heterocycles. The van der Waals surface area contributed by atoms with Gasteiger partial charge in [0, 0.05) is 28.9 Å². The first kappa shape index (κ1) is 17.2. The Morgan fingerprint density at radius 2 is 2.00 bits per heavy atom. The van der Waals surface area contributed by atoms with E-state index in [1.54, 1.807) is 22.9 Å². The normalized spacial score (nSPS) is 16.3. The number of benzene rings is 1. The lowest BCUT2D eigenvalue weighted by Crippen LogP contribution is -2.30. The lowest BCUT2D eigenvalue weighted by Gasteiger charge is -2.25. The van der Waals surface area contributed by atoms with Crippen molar-refractivity contribution in [2.24, 2.45) is 0 Å². The molecule has 0 bridgehead atoms. The van der Waals surface area contributed by atoms with Crippen LogP contribution in [0, 0.1) is 11.2 Å². The van der Waals surface area contributed by atoms with E-state index in [1.165, 1.54) is 6.07 Å². The van der Waals surface area contributed by atoms with E-state index in [0.717, 1.165) is 31.7 Å². The lowest BCUT2D eigenvalue weighted by atomic mass is 9.42. The van der Waals surface area contributed by atoms with Crippen molar-refractivity contribution in [1.29, 1.82) is 5.26 Å². The molecule has 24 heavy (non-hydrogen) atoms. The summed E-state index contributed by atoms with van der Waals surface area (Å²) in [7, 11) is -3.52. The van der Waals surface area contributed by atoms with Crippen LogP contribution < -0.4 is 5.56 Å². The average molecular weight is 407 g/mol. The molecule has 1 aliphatic rings. The highest BCUT2D eigenvalue weighted by molar-refractivity contribution is 9.10. The lowest BCUT2D eigenvalue weighted by molar-refractivity contribution is 0.444.